The number of aryl methyl sites for hydroxylation is 1. The molecule has 3 unspecified atom stereocenters. The van der Waals surface area contributed by atoms with Gasteiger partial charge in [0.25, 0.3) is 0 Å². The van der Waals surface area contributed by atoms with Gasteiger partial charge in [-0.05, 0) is 43.5 Å². The molecule has 0 amide bonds. The van der Waals surface area contributed by atoms with E-state index in [2.05, 4.69) is 34.3 Å². The molecule has 146 valence electrons. The number of halogens is 1. The number of thiazole rings is 1. The van der Waals surface area contributed by atoms with Gasteiger partial charge in [0.05, 0.1) is 22.0 Å². The minimum Gasteiger partial charge on any atom is -0.377 e. The van der Waals surface area contributed by atoms with Crippen molar-refractivity contribution in [2.75, 3.05) is 6.54 Å². The average molecular weight is 397 g/mol. The lowest BCUT2D eigenvalue weighted by atomic mass is 10.0. The van der Waals surface area contributed by atoms with E-state index in [0.29, 0.717) is 11.8 Å². The third kappa shape index (κ3) is 3.87. The van der Waals surface area contributed by atoms with E-state index in [-0.39, 0.29) is 17.9 Å². The van der Waals surface area contributed by atoms with E-state index in [1.807, 2.05) is 25.3 Å². The molecule has 2 N–H and O–H groups in total. The van der Waals surface area contributed by atoms with Crippen molar-refractivity contribution in [2.45, 2.75) is 38.8 Å². The highest BCUT2D eigenvalue weighted by Gasteiger charge is 2.28. The number of nitrogens with one attached hydrogen (secondary N) is 2. The fraction of sp³-hybridized carbons (Fsp3) is 0.364. The van der Waals surface area contributed by atoms with Crippen LogP contribution in [-0.2, 0) is 0 Å². The predicted octanol–water partition coefficient (Wildman–Crippen LogP) is 4.91. The highest BCUT2D eigenvalue weighted by Crippen LogP contribution is 2.33. The van der Waals surface area contributed by atoms with Crippen molar-refractivity contribution >= 4 is 22.9 Å². The molecular formula is C22H25FN4S. The Bertz CT molecular complexity index is 932. The van der Waals surface area contributed by atoms with Gasteiger partial charge < -0.3 is 10.2 Å². The van der Waals surface area contributed by atoms with Gasteiger partial charge in [0.2, 0.25) is 0 Å². The first-order chi connectivity index (χ1) is 13.5. The minimum atomic E-state index is -0.215. The van der Waals surface area contributed by atoms with Crippen LogP contribution in [0.1, 0.15) is 41.3 Å². The SMILES string of the molecule is Cc1ncc(C2=CC(C)C(/C=C\C(=N)N3CCCC3c3cccc(F)c3)N2)s1. The summed E-state index contributed by atoms with van der Waals surface area (Å²) in [4.78, 5) is 7.56. The number of hydrogen-bond donors (Lipinski definition) is 2. The first-order valence-corrected chi connectivity index (χ1v) is 10.5. The van der Waals surface area contributed by atoms with E-state index in [0.717, 1.165) is 40.5 Å². The molecule has 2 aliphatic heterocycles. The number of benzene rings is 1. The third-order valence-corrected chi connectivity index (χ3v) is 6.41. The molecule has 0 spiro atoms. The maximum Gasteiger partial charge on any atom is 0.123 e. The Morgan fingerprint density at radius 1 is 1.43 bits per heavy atom. The number of hydrogen-bond acceptors (Lipinski definition) is 4. The molecule has 0 saturated carbocycles. The van der Waals surface area contributed by atoms with E-state index in [9.17, 15) is 4.39 Å². The van der Waals surface area contributed by atoms with Gasteiger partial charge in [-0.25, -0.2) is 9.37 Å². The molecule has 3 atom stereocenters. The van der Waals surface area contributed by atoms with Crippen molar-refractivity contribution in [3.63, 3.8) is 0 Å². The number of nitrogens with zero attached hydrogens (tertiary/aromatic N) is 2. The van der Waals surface area contributed by atoms with Crippen molar-refractivity contribution in [3.8, 4) is 0 Å². The summed E-state index contributed by atoms with van der Waals surface area (Å²) in [7, 11) is 0. The molecule has 6 heteroatoms. The smallest absolute Gasteiger partial charge is 0.123 e. The molecule has 4 rings (SSSR count). The number of likely N-dealkylation sites (tertiary alicyclic amines) is 1. The molecule has 2 aromatic rings. The molecule has 0 radical (unpaired) electrons. The molecule has 0 bridgehead atoms. The van der Waals surface area contributed by atoms with E-state index < -0.39 is 0 Å². The van der Waals surface area contributed by atoms with Crippen molar-refractivity contribution in [1.29, 1.82) is 5.41 Å². The zero-order valence-corrected chi connectivity index (χ0v) is 17.0. The Morgan fingerprint density at radius 2 is 2.29 bits per heavy atom. The van der Waals surface area contributed by atoms with Gasteiger partial charge in [-0.1, -0.05) is 31.2 Å². The van der Waals surface area contributed by atoms with Crippen LogP contribution in [-0.4, -0.2) is 28.3 Å². The molecular weight excluding hydrogens is 371 g/mol. The molecule has 1 aromatic carbocycles. The Balaban J connectivity index is 1.42. The molecule has 1 saturated heterocycles. The van der Waals surface area contributed by atoms with Gasteiger partial charge in [-0.2, -0.15) is 0 Å². The largest absolute Gasteiger partial charge is 0.377 e. The second-order valence-corrected chi connectivity index (χ2v) is 8.74. The van der Waals surface area contributed by atoms with Crippen LogP contribution in [0.4, 0.5) is 4.39 Å². The van der Waals surface area contributed by atoms with Crippen LogP contribution >= 0.6 is 11.3 Å². The molecule has 28 heavy (non-hydrogen) atoms. The van der Waals surface area contributed by atoms with Gasteiger partial charge in [0.15, 0.2) is 0 Å². The van der Waals surface area contributed by atoms with Crippen LogP contribution in [0.2, 0.25) is 0 Å². The summed E-state index contributed by atoms with van der Waals surface area (Å²) in [5.41, 5.74) is 2.07. The maximum absolute atomic E-state index is 13.6. The van der Waals surface area contributed by atoms with Crippen LogP contribution in [0.3, 0.4) is 0 Å². The highest BCUT2D eigenvalue weighted by molar-refractivity contribution is 7.12. The van der Waals surface area contributed by atoms with Crippen molar-refractivity contribution in [2.24, 2.45) is 5.92 Å². The Hall–Kier alpha value is -2.47. The van der Waals surface area contributed by atoms with E-state index >= 15 is 0 Å². The number of rotatable bonds is 4. The molecule has 0 aliphatic carbocycles. The summed E-state index contributed by atoms with van der Waals surface area (Å²) >= 11 is 1.69. The van der Waals surface area contributed by atoms with Gasteiger partial charge in [-0.3, -0.25) is 5.41 Å². The van der Waals surface area contributed by atoms with Crippen molar-refractivity contribution in [3.05, 3.63) is 70.0 Å². The summed E-state index contributed by atoms with van der Waals surface area (Å²) < 4.78 is 13.6. The Morgan fingerprint density at radius 3 is 3.04 bits per heavy atom. The fourth-order valence-corrected chi connectivity index (χ4v) is 4.76. The van der Waals surface area contributed by atoms with E-state index in [1.54, 1.807) is 23.5 Å². The van der Waals surface area contributed by atoms with Crippen LogP contribution in [0.15, 0.2) is 48.7 Å². The topological polar surface area (TPSA) is 52.0 Å². The summed E-state index contributed by atoms with van der Waals surface area (Å²) in [5, 5.41) is 13.2. The Kier molecular flexibility index (Phi) is 5.31. The Labute approximate surface area is 169 Å². The van der Waals surface area contributed by atoms with Crippen LogP contribution in [0, 0.1) is 24.1 Å². The summed E-state index contributed by atoms with van der Waals surface area (Å²) in [6, 6.07) is 7.00. The standard InChI is InChI=1S/C22H25FN4S/c1-14-11-19(21-13-25-15(2)28-21)26-18(14)8-9-22(24)27-10-4-7-20(27)16-5-3-6-17(23)12-16/h3,5-6,8-9,11-14,18,20,24,26H,4,7,10H2,1-2H3/b9-8-,24-22?. The maximum atomic E-state index is 13.6. The second kappa shape index (κ2) is 7.87. The van der Waals surface area contributed by atoms with Crippen molar-refractivity contribution in [1.82, 2.24) is 15.2 Å². The van der Waals surface area contributed by atoms with Gasteiger partial charge in [0.1, 0.15) is 11.7 Å². The third-order valence-electron chi connectivity index (χ3n) is 5.46. The van der Waals surface area contributed by atoms with Crippen LogP contribution in [0.25, 0.3) is 5.70 Å². The summed E-state index contributed by atoms with van der Waals surface area (Å²) in [6.45, 7) is 5.02. The lowest BCUT2D eigenvalue weighted by Crippen LogP contribution is -2.30. The second-order valence-electron chi connectivity index (χ2n) is 7.50. The normalized spacial score (nSPS) is 24.6. The monoisotopic (exact) mass is 396 g/mol. The average Bonchev–Trinajstić information content (AvgIpc) is 3.39. The van der Waals surface area contributed by atoms with Gasteiger partial charge in [0, 0.05) is 24.4 Å². The molecule has 2 aliphatic rings. The molecule has 1 aromatic heterocycles. The lowest BCUT2D eigenvalue weighted by Gasteiger charge is -2.26. The lowest BCUT2D eigenvalue weighted by molar-refractivity contribution is 0.398. The van der Waals surface area contributed by atoms with Gasteiger partial charge in [-0.15, -0.1) is 11.3 Å². The van der Waals surface area contributed by atoms with Crippen LogP contribution < -0.4 is 5.32 Å². The molecule has 4 nitrogen and oxygen atoms in total. The summed E-state index contributed by atoms with van der Waals surface area (Å²) in [6.07, 6.45) is 10.1. The summed E-state index contributed by atoms with van der Waals surface area (Å²) in [5.74, 6) is 0.620. The van der Waals surface area contributed by atoms with E-state index in [1.165, 1.54) is 6.07 Å². The highest BCUT2D eigenvalue weighted by atomic mass is 32.1. The zero-order valence-electron chi connectivity index (χ0n) is 16.2. The number of aromatic nitrogens is 1. The van der Waals surface area contributed by atoms with Crippen LogP contribution in [0.5, 0.6) is 0 Å². The number of amidine groups is 1. The molecule has 1 fully saturated rings. The zero-order chi connectivity index (χ0) is 19.7. The minimum absolute atomic E-state index is 0.0793. The molecule has 3 heterocycles. The predicted molar refractivity (Wildman–Crippen MR) is 113 cm³/mol. The fourth-order valence-electron chi connectivity index (χ4n) is 3.99. The quantitative estimate of drug-likeness (QED) is 0.570. The first kappa shape index (κ1) is 18.9. The van der Waals surface area contributed by atoms with Gasteiger partial charge >= 0.3 is 0 Å². The first-order valence-electron chi connectivity index (χ1n) is 9.71. The van der Waals surface area contributed by atoms with E-state index in [4.69, 9.17) is 5.41 Å². The van der Waals surface area contributed by atoms with Crippen molar-refractivity contribution < 1.29 is 4.39 Å².